The zero-order chi connectivity index (χ0) is 16.9. The molecule has 0 aliphatic heterocycles. The Hall–Kier alpha value is -1.95. The van der Waals surface area contributed by atoms with Crippen LogP contribution in [0.2, 0.25) is 0 Å². The fourth-order valence-corrected chi connectivity index (χ4v) is 4.05. The molecular weight excluding hydrogens is 322 g/mol. The van der Waals surface area contributed by atoms with Gasteiger partial charge in [-0.1, -0.05) is 6.42 Å². The Morgan fingerprint density at radius 3 is 2.79 bits per heavy atom. The first kappa shape index (κ1) is 15.6. The third-order valence-electron chi connectivity index (χ3n) is 5.76. The quantitative estimate of drug-likeness (QED) is 0.839. The predicted molar refractivity (Wildman–Crippen MR) is 95.7 cm³/mol. The highest BCUT2D eigenvalue weighted by atomic mass is 32.1. The summed E-state index contributed by atoms with van der Waals surface area (Å²) in [5.74, 6) is 0.728. The van der Waals surface area contributed by atoms with Crippen LogP contribution in [0.1, 0.15) is 42.5 Å². The lowest BCUT2D eigenvalue weighted by Gasteiger charge is -2.42. The lowest BCUT2D eigenvalue weighted by atomic mass is 9.65. The van der Waals surface area contributed by atoms with Gasteiger partial charge in [-0.05, 0) is 67.4 Å². The predicted octanol–water partition coefficient (Wildman–Crippen LogP) is 2.91. The monoisotopic (exact) mass is 343 g/mol. The molecule has 2 N–H and O–H groups in total. The van der Waals surface area contributed by atoms with Gasteiger partial charge < -0.3 is 10.3 Å². The smallest absolute Gasteiger partial charge is 0.261 e. The number of carbonyl (C=O) groups is 1. The van der Waals surface area contributed by atoms with Crippen molar-refractivity contribution in [2.24, 2.45) is 18.4 Å². The summed E-state index contributed by atoms with van der Waals surface area (Å²) in [5, 5.41) is 3.64. The summed E-state index contributed by atoms with van der Waals surface area (Å²) in [7, 11) is 1.64. The first-order valence-corrected chi connectivity index (χ1v) is 8.92. The van der Waals surface area contributed by atoms with Gasteiger partial charge in [0.05, 0.1) is 10.9 Å². The van der Waals surface area contributed by atoms with Crippen molar-refractivity contribution in [1.29, 1.82) is 0 Å². The van der Waals surface area contributed by atoms with Crippen molar-refractivity contribution in [1.82, 2.24) is 14.9 Å². The molecule has 0 spiro atoms. The lowest BCUT2D eigenvalue weighted by molar-refractivity contribution is 0.0781. The van der Waals surface area contributed by atoms with E-state index in [0.717, 1.165) is 12.5 Å². The maximum Gasteiger partial charge on any atom is 0.261 e. The Morgan fingerprint density at radius 2 is 2.17 bits per heavy atom. The topological polar surface area (TPSA) is 66.9 Å². The second-order valence-corrected chi connectivity index (χ2v) is 7.61. The molecule has 5 nitrogen and oxygen atoms in total. The second-order valence-electron chi connectivity index (χ2n) is 7.23. The van der Waals surface area contributed by atoms with Crippen LogP contribution in [-0.4, -0.2) is 22.0 Å². The van der Waals surface area contributed by atoms with Gasteiger partial charge in [0.2, 0.25) is 0 Å². The number of H-pyrrole nitrogens is 1. The Kier molecular flexibility index (Phi) is 3.60. The van der Waals surface area contributed by atoms with E-state index in [9.17, 15) is 9.59 Å². The number of hydrogen-bond donors (Lipinski definition) is 2. The van der Waals surface area contributed by atoms with Crippen LogP contribution >= 0.6 is 12.2 Å². The lowest BCUT2D eigenvalue weighted by Crippen LogP contribution is -2.43. The molecular formula is C18H21N3O2S. The van der Waals surface area contributed by atoms with Gasteiger partial charge in [0.25, 0.3) is 11.5 Å². The van der Waals surface area contributed by atoms with E-state index >= 15 is 0 Å². The number of aromatic nitrogens is 2. The first-order chi connectivity index (χ1) is 11.5. The van der Waals surface area contributed by atoms with Gasteiger partial charge in [0.15, 0.2) is 4.77 Å². The summed E-state index contributed by atoms with van der Waals surface area (Å²) in [4.78, 5) is 27.7. The summed E-state index contributed by atoms with van der Waals surface area (Å²) in [6.45, 7) is 0.765. The van der Waals surface area contributed by atoms with Gasteiger partial charge in [0, 0.05) is 19.2 Å². The number of nitrogens with one attached hydrogen (secondary N) is 2. The number of rotatable bonds is 4. The van der Waals surface area contributed by atoms with Crippen molar-refractivity contribution in [3.63, 3.8) is 0 Å². The molecule has 0 bridgehead atoms. The molecule has 1 aromatic carbocycles. The van der Waals surface area contributed by atoms with E-state index in [1.165, 1.54) is 36.7 Å². The SMILES string of the molecule is Cn1c(=S)[nH]c2cc(C(=O)NCC3(C4CC4)CCC3)ccc2c1=O. The molecule has 0 atom stereocenters. The van der Waals surface area contributed by atoms with Crippen molar-refractivity contribution in [3.05, 3.63) is 38.9 Å². The minimum Gasteiger partial charge on any atom is -0.351 e. The van der Waals surface area contributed by atoms with E-state index in [1.807, 2.05) is 0 Å². The fraction of sp³-hybridized carbons (Fsp3) is 0.500. The highest BCUT2D eigenvalue weighted by Gasteiger charge is 2.48. The molecule has 24 heavy (non-hydrogen) atoms. The molecule has 2 aliphatic carbocycles. The summed E-state index contributed by atoms with van der Waals surface area (Å²) in [6, 6.07) is 5.12. The maximum absolute atomic E-state index is 12.5. The number of hydrogen-bond acceptors (Lipinski definition) is 3. The largest absolute Gasteiger partial charge is 0.351 e. The van der Waals surface area contributed by atoms with Crippen LogP contribution in [0.5, 0.6) is 0 Å². The Labute approximate surface area is 145 Å². The standard InChI is InChI=1S/C18H21N3O2S/c1-21-16(23)13-6-3-11(9-14(13)20-17(21)24)15(22)19-10-18(7-2-8-18)12-4-5-12/h3,6,9,12H,2,4-5,7-8,10H2,1H3,(H,19,22)(H,20,24). The van der Waals surface area contributed by atoms with Crippen molar-refractivity contribution in [2.75, 3.05) is 6.54 Å². The van der Waals surface area contributed by atoms with Crippen molar-refractivity contribution in [3.8, 4) is 0 Å². The minimum atomic E-state index is -0.150. The number of benzene rings is 1. The third kappa shape index (κ3) is 2.49. The molecule has 2 aromatic rings. The van der Waals surface area contributed by atoms with Crippen molar-refractivity contribution >= 4 is 29.0 Å². The van der Waals surface area contributed by atoms with Crippen LogP contribution in [-0.2, 0) is 7.05 Å². The van der Waals surface area contributed by atoms with Gasteiger partial charge >= 0.3 is 0 Å². The molecule has 4 rings (SSSR count). The van der Waals surface area contributed by atoms with Gasteiger partial charge in [-0.15, -0.1) is 0 Å². The van der Waals surface area contributed by atoms with Crippen LogP contribution in [0.3, 0.4) is 0 Å². The molecule has 0 radical (unpaired) electrons. The number of fused-ring (bicyclic) bond motifs is 1. The van der Waals surface area contributed by atoms with E-state index < -0.39 is 0 Å². The molecule has 2 fully saturated rings. The molecule has 0 unspecified atom stereocenters. The first-order valence-electron chi connectivity index (χ1n) is 8.51. The molecule has 1 amide bonds. The van der Waals surface area contributed by atoms with Gasteiger partial charge in [0.1, 0.15) is 0 Å². The molecule has 2 saturated carbocycles. The molecule has 2 aliphatic rings. The van der Waals surface area contributed by atoms with Crippen LogP contribution in [0.4, 0.5) is 0 Å². The normalized spacial score (nSPS) is 19.0. The average Bonchev–Trinajstić information content (AvgIpc) is 3.36. The number of nitrogens with zero attached hydrogens (tertiary/aromatic N) is 1. The molecule has 0 saturated heterocycles. The second kappa shape index (κ2) is 5.55. The highest BCUT2D eigenvalue weighted by molar-refractivity contribution is 7.71. The van der Waals surface area contributed by atoms with Crippen LogP contribution in [0.25, 0.3) is 10.9 Å². The van der Waals surface area contributed by atoms with Crippen LogP contribution in [0.15, 0.2) is 23.0 Å². The van der Waals surface area contributed by atoms with Crippen molar-refractivity contribution in [2.45, 2.75) is 32.1 Å². The third-order valence-corrected chi connectivity index (χ3v) is 6.13. The van der Waals surface area contributed by atoms with E-state index in [0.29, 0.717) is 26.7 Å². The number of aromatic amines is 1. The van der Waals surface area contributed by atoms with Gasteiger partial charge in [-0.25, -0.2) is 0 Å². The summed E-state index contributed by atoms with van der Waals surface area (Å²) in [6.07, 6.45) is 6.37. The average molecular weight is 343 g/mol. The molecule has 126 valence electrons. The van der Waals surface area contributed by atoms with Gasteiger partial charge in [-0.3, -0.25) is 14.2 Å². The summed E-state index contributed by atoms with van der Waals surface area (Å²) >= 11 is 5.14. The zero-order valence-corrected chi connectivity index (χ0v) is 14.5. The molecule has 6 heteroatoms. The van der Waals surface area contributed by atoms with E-state index in [-0.39, 0.29) is 11.5 Å². The maximum atomic E-state index is 12.5. The molecule has 1 aromatic heterocycles. The van der Waals surface area contributed by atoms with Crippen LogP contribution < -0.4 is 10.9 Å². The van der Waals surface area contributed by atoms with Crippen molar-refractivity contribution < 1.29 is 4.79 Å². The van der Waals surface area contributed by atoms with Crippen LogP contribution in [0, 0.1) is 16.1 Å². The van der Waals surface area contributed by atoms with E-state index in [4.69, 9.17) is 12.2 Å². The Morgan fingerprint density at radius 1 is 1.42 bits per heavy atom. The number of amides is 1. The highest BCUT2D eigenvalue weighted by Crippen LogP contribution is 2.56. The van der Waals surface area contributed by atoms with E-state index in [1.54, 1.807) is 25.2 Å². The molecule has 1 heterocycles. The van der Waals surface area contributed by atoms with Gasteiger partial charge in [-0.2, -0.15) is 0 Å². The van der Waals surface area contributed by atoms with E-state index in [2.05, 4.69) is 10.3 Å². The Bertz CT molecular complexity index is 935. The zero-order valence-electron chi connectivity index (χ0n) is 13.7. The minimum absolute atomic E-state index is 0.0798. The fourth-order valence-electron chi connectivity index (χ4n) is 3.86. The summed E-state index contributed by atoms with van der Waals surface area (Å²) in [5.41, 5.74) is 1.37. The summed E-state index contributed by atoms with van der Waals surface area (Å²) < 4.78 is 1.75. The Balaban J connectivity index is 1.57. The number of carbonyl (C=O) groups excluding carboxylic acids is 1.